The number of rotatable bonds is 13. The minimum Gasteiger partial charge on any atom is -0.415 e. The lowest BCUT2D eigenvalue weighted by Gasteiger charge is -2.16. The summed E-state index contributed by atoms with van der Waals surface area (Å²) in [7, 11) is -1.37. The van der Waals surface area contributed by atoms with Gasteiger partial charge < -0.3 is 13.9 Å². The number of alkyl halides is 1. The van der Waals surface area contributed by atoms with Crippen molar-refractivity contribution in [2.75, 3.05) is 37.5 Å². The molecule has 0 aromatic rings. The van der Waals surface area contributed by atoms with Crippen molar-refractivity contribution in [1.29, 1.82) is 0 Å². The molecule has 18 heavy (non-hydrogen) atoms. The third-order valence-corrected chi connectivity index (χ3v) is 4.14. The van der Waals surface area contributed by atoms with Crippen LogP contribution in [0.3, 0.4) is 0 Å². The lowest BCUT2D eigenvalue weighted by molar-refractivity contribution is 0.0344. The Balaban J connectivity index is 2.99. The predicted octanol–water partition coefficient (Wildman–Crippen LogP) is 3.87. The zero-order valence-electron chi connectivity index (χ0n) is 12.2. The van der Waals surface area contributed by atoms with Crippen molar-refractivity contribution in [2.24, 2.45) is 0 Å². The summed E-state index contributed by atoms with van der Waals surface area (Å²) in [5, 5.41) is 0. The van der Waals surface area contributed by atoms with Gasteiger partial charge in [0.25, 0.3) is 0 Å². The maximum atomic E-state index is 5.68. The van der Waals surface area contributed by atoms with Crippen molar-refractivity contribution >= 4 is 30.9 Å². The van der Waals surface area contributed by atoms with Gasteiger partial charge in [-0.05, 0) is 36.9 Å². The Morgan fingerprint density at radius 2 is 1.28 bits per heavy atom. The van der Waals surface area contributed by atoms with E-state index in [0.29, 0.717) is 26.4 Å². The largest absolute Gasteiger partial charge is 0.415 e. The normalized spacial score (nSPS) is 12.0. The molecule has 0 N–H and O–H groups in total. The predicted molar refractivity (Wildman–Crippen MR) is 88.3 cm³/mol. The summed E-state index contributed by atoms with van der Waals surface area (Å²) >= 11 is 2.43. The summed E-state index contributed by atoms with van der Waals surface area (Å²) in [5.41, 5.74) is 0. The van der Waals surface area contributed by atoms with Crippen LogP contribution >= 0.6 is 22.6 Å². The van der Waals surface area contributed by atoms with E-state index in [1.807, 2.05) is 0 Å². The van der Waals surface area contributed by atoms with Crippen LogP contribution in [0.2, 0.25) is 19.6 Å². The molecular formula is C13H29IO3Si. The van der Waals surface area contributed by atoms with Crippen LogP contribution in [0.25, 0.3) is 0 Å². The topological polar surface area (TPSA) is 27.7 Å². The Bertz CT molecular complexity index is 174. The first kappa shape index (κ1) is 18.8. The van der Waals surface area contributed by atoms with Gasteiger partial charge in [-0.1, -0.05) is 35.4 Å². The number of ether oxygens (including phenoxy) is 2. The van der Waals surface area contributed by atoms with Crippen LogP contribution < -0.4 is 0 Å². The molecular weight excluding hydrogens is 359 g/mol. The average molecular weight is 388 g/mol. The van der Waals surface area contributed by atoms with Gasteiger partial charge >= 0.3 is 0 Å². The van der Waals surface area contributed by atoms with Crippen LogP contribution in [0.4, 0.5) is 0 Å². The molecule has 0 unspecified atom stereocenters. The molecule has 0 bridgehead atoms. The maximum Gasteiger partial charge on any atom is 0.183 e. The highest BCUT2D eigenvalue weighted by atomic mass is 127. The maximum absolute atomic E-state index is 5.68. The molecule has 0 spiro atoms. The van der Waals surface area contributed by atoms with Gasteiger partial charge in [0, 0.05) is 6.61 Å². The van der Waals surface area contributed by atoms with E-state index in [4.69, 9.17) is 13.9 Å². The first-order valence-electron chi connectivity index (χ1n) is 6.91. The molecule has 0 aromatic carbocycles. The molecule has 0 fully saturated rings. The van der Waals surface area contributed by atoms with Gasteiger partial charge in [-0.15, -0.1) is 0 Å². The molecule has 0 radical (unpaired) electrons. The van der Waals surface area contributed by atoms with E-state index in [0.717, 1.165) is 6.61 Å². The molecule has 0 aliphatic rings. The van der Waals surface area contributed by atoms with Gasteiger partial charge in [-0.2, -0.15) is 0 Å². The Morgan fingerprint density at radius 1 is 0.722 bits per heavy atom. The molecule has 0 heterocycles. The van der Waals surface area contributed by atoms with E-state index in [-0.39, 0.29) is 0 Å². The number of hydrogen-bond acceptors (Lipinski definition) is 3. The van der Waals surface area contributed by atoms with Gasteiger partial charge in [0.15, 0.2) is 8.32 Å². The van der Waals surface area contributed by atoms with Crippen molar-refractivity contribution in [3.05, 3.63) is 0 Å². The standard InChI is InChI=1S/C13H29IO3Si/c1-18(2,3)17-13-12-16-11-10-15-9-7-5-4-6-8-14/h4-13H2,1-3H3. The summed E-state index contributed by atoms with van der Waals surface area (Å²) in [4.78, 5) is 0. The molecule has 5 heteroatoms. The van der Waals surface area contributed by atoms with Crippen LogP contribution in [-0.4, -0.2) is 45.8 Å². The fourth-order valence-electron chi connectivity index (χ4n) is 1.38. The molecule has 3 nitrogen and oxygen atoms in total. The first-order valence-corrected chi connectivity index (χ1v) is 11.8. The number of unbranched alkanes of at least 4 members (excludes halogenated alkanes) is 3. The lowest BCUT2D eigenvalue weighted by atomic mass is 10.2. The van der Waals surface area contributed by atoms with Crippen molar-refractivity contribution in [1.82, 2.24) is 0 Å². The molecule has 0 amide bonds. The second-order valence-corrected chi connectivity index (χ2v) is 10.9. The van der Waals surface area contributed by atoms with Crippen LogP contribution in [0.15, 0.2) is 0 Å². The molecule has 0 aliphatic heterocycles. The van der Waals surface area contributed by atoms with E-state index in [1.54, 1.807) is 0 Å². The van der Waals surface area contributed by atoms with Crippen LogP contribution in [0, 0.1) is 0 Å². The zero-order chi connectivity index (χ0) is 13.7. The summed E-state index contributed by atoms with van der Waals surface area (Å²) in [6.45, 7) is 10.2. The zero-order valence-corrected chi connectivity index (χ0v) is 15.3. The van der Waals surface area contributed by atoms with Crippen LogP contribution in [0.5, 0.6) is 0 Å². The van der Waals surface area contributed by atoms with Crippen molar-refractivity contribution in [2.45, 2.75) is 45.3 Å². The summed E-state index contributed by atoms with van der Waals surface area (Å²) in [5.74, 6) is 0. The van der Waals surface area contributed by atoms with Crippen molar-refractivity contribution in [3.63, 3.8) is 0 Å². The van der Waals surface area contributed by atoms with E-state index < -0.39 is 8.32 Å². The smallest absolute Gasteiger partial charge is 0.183 e. The lowest BCUT2D eigenvalue weighted by Crippen LogP contribution is -2.27. The Morgan fingerprint density at radius 3 is 1.89 bits per heavy atom. The average Bonchev–Trinajstić information content (AvgIpc) is 2.29. The Kier molecular flexibility index (Phi) is 13.4. The van der Waals surface area contributed by atoms with Gasteiger partial charge in [-0.25, -0.2) is 0 Å². The third kappa shape index (κ3) is 16.8. The van der Waals surface area contributed by atoms with E-state index in [1.165, 1.54) is 30.1 Å². The van der Waals surface area contributed by atoms with Crippen LogP contribution in [-0.2, 0) is 13.9 Å². The van der Waals surface area contributed by atoms with E-state index in [9.17, 15) is 0 Å². The second kappa shape index (κ2) is 12.8. The number of hydrogen-bond donors (Lipinski definition) is 0. The molecule has 110 valence electrons. The van der Waals surface area contributed by atoms with Crippen molar-refractivity contribution in [3.8, 4) is 0 Å². The molecule has 0 saturated heterocycles. The molecule has 0 aliphatic carbocycles. The second-order valence-electron chi connectivity index (χ2n) is 5.29. The van der Waals surface area contributed by atoms with E-state index >= 15 is 0 Å². The SMILES string of the molecule is C[Si](C)(C)OCCOCCOCCCCCCI. The van der Waals surface area contributed by atoms with E-state index in [2.05, 4.69) is 42.2 Å². The highest BCUT2D eigenvalue weighted by Gasteiger charge is 2.12. The third-order valence-electron chi connectivity index (χ3n) is 2.31. The highest BCUT2D eigenvalue weighted by Crippen LogP contribution is 2.02. The molecule has 0 atom stereocenters. The quantitative estimate of drug-likeness (QED) is 0.208. The number of halogens is 1. The molecule has 0 rings (SSSR count). The molecule has 0 aromatic heterocycles. The van der Waals surface area contributed by atoms with Gasteiger partial charge in [0.05, 0.1) is 26.4 Å². The Labute approximate surface area is 127 Å². The minimum absolute atomic E-state index is 0.683. The van der Waals surface area contributed by atoms with Gasteiger partial charge in [0.1, 0.15) is 0 Å². The fourth-order valence-corrected chi connectivity index (χ4v) is 2.62. The van der Waals surface area contributed by atoms with Crippen molar-refractivity contribution < 1.29 is 13.9 Å². The first-order chi connectivity index (χ1) is 8.56. The molecule has 0 saturated carbocycles. The van der Waals surface area contributed by atoms with Gasteiger partial charge in [-0.3, -0.25) is 0 Å². The Hall–Kier alpha value is 0.827. The monoisotopic (exact) mass is 388 g/mol. The summed E-state index contributed by atoms with van der Waals surface area (Å²) in [6, 6.07) is 0. The summed E-state index contributed by atoms with van der Waals surface area (Å²) in [6.07, 6.45) is 5.13. The summed E-state index contributed by atoms with van der Waals surface area (Å²) < 4.78 is 17.9. The fraction of sp³-hybridized carbons (Fsp3) is 1.00. The van der Waals surface area contributed by atoms with Crippen LogP contribution in [0.1, 0.15) is 25.7 Å². The highest BCUT2D eigenvalue weighted by molar-refractivity contribution is 14.1. The van der Waals surface area contributed by atoms with Gasteiger partial charge in [0.2, 0.25) is 0 Å². The minimum atomic E-state index is -1.37.